The van der Waals surface area contributed by atoms with E-state index < -0.39 is 0 Å². The second-order valence-corrected chi connectivity index (χ2v) is 10.9. The van der Waals surface area contributed by atoms with E-state index in [1.165, 1.54) is 40.2 Å². The van der Waals surface area contributed by atoms with Gasteiger partial charge in [0.1, 0.15) is 0 Å². The fourth-order valence-corrected chi connectivity index (χ4v) is 6.31. The summed E-state index contributed by atoms with van der Waals surface area (Å²) < 4.78 is 2.68. The largest absolute Gasteiger partial charge is 0.619 e. The SMILES string of the molecule is O=C(Cc1cc[n+]([O-])cc1)N1CCC(=C2c3ncc(Br)cc3CCc3cc(Cl)cc(Br)c32)CC1. The van der Waals surface area contributed by atoms with Gasteiger partial charge in [-0.1, -0.05) is 33.1 Å². The van der Waals surface area contributed by atoms with Crippen LogP contribution < -0.4 is 4.73 Å². The summed E-state index contributed by atoms with van der Waals surface area (Å²) in [5, 5.41) is 12.0. The number of halogens is 3. The van der Waals surface area contributed by atoms with Crippen molar-refractivity contribution in [3.8, 4) is 0 Å². The Balaban J connectivity index is 1.47. The maximum absolute atomic E-state index is 12.9. The fourth-order valence-electron chi connectivity index (χ4n) is 4.86. The molecule has 174 valence electrons. The van der Waals surface area contributed by atoms with Crippen molar-refractivity contribution < 1.29 is 9.52 Å². The summed E-state index contributed by atoms with van der Waals surface area (Å²) >= 11 is 13.8. The minimum Gasteiger partial charge on any atom is -0.619 e. The number of carbonyl (C=O) groups is 1. The van der Waals surface area contributed by atoms with Crippen molar-refractivity contribution in [3.05, 3.63) is 102 Å². The van der Waals surface area contributed by atoms with E-state index >= 15 is 0 Å². The second kappa shape index (κ2) is 9.80. The molecular formula is C26H22Br2ClN3O2. The van der Waals surface area contributed by atoms with Gasteiger partial charge in [0, 0.05) is 56.5 Å². The molecule has 3 aromatic rings. The molecule has 5 rings (SSSR count). The highest BCUT2D eigenvalue weighted by Gasteiger charge is 2.28. The molecular weight excluding hydrogens is 582 g/mol. The number of aryl methyl sites for hydroxylation is 2. The molecule has 2 aromatic heterocycles. The van der Waals surface area contributed by atoms with Gasteiger partial charge >= 0.3 is 0 Å². The number of rotatable bonds is 2. The number of likely N-dealkylation sites (tertiary alicyclic amines) is 1. The van der Waals surface area contributed by atoms with Gasteiger partial charge in [-0.3, -0.25) is 9.78 Å². The Bertz CT molecular complexity index is 1300. The van der Waals surface area contributed by atoms with Crippen molar-refractivity contribution in [1.82, 2.24) is 9.88 Å². The molecule has 1 aliphatic carbocycles. The molecule has 0 atom stereocenters. The fraction of sp³-hybridized carbons (Fsp3) is 0.269. The van der Waals surface area contributed by atoms with Gasteiger partial charge in [-0.25, -0.2) is 0 Å². The Hall–Kier alpha value is -2.22. The third kappa shape index (κ3) is 4.79. The third-order valence-corrected chi connectivity index (χ3v) is 7.80. The van der Waals surface area contributed by atoms with E-state index in [-0.39, 0.29) is 5.91 Å². The number of nitrogens with zero attached hydrogens (tertiary/aromatic N) is 3. The Morgan fingerprint density at radius 2 is 1.76 bits per heavy atom. The van der Waals surface area contributed by atoms with Crippen LogP contribution in [-0.4, -0.2) is 28.9 Å². The van der Waals surface area contributed by atoms with Crippen LogP contribution in [-0.2, 0) is 24.1 Å². The average Bonchev–Trinajstić information content (AvgIpc) is 2.97. The first-order valence-electron chi connectivity index (χ1n) is 11.2. The number of pyridine rings is 2. The number of fused-ring (bicyclic) bond motifs is 2. The first kappa shape index (κ1) is 23.5. The van der Waals surface area contributed by atoms with E-state index in [1.54, 1.807) is 12.1 Å². The lowest BCUT2D eigenvalue weighted by Crippen LogP contribution is -2.37. The lowest BCUT2D eigenvalue weighted by atomic mass is 9.88. The van der Waals surface area contributed by atoms with E-state index in [4.69, 9.17) is 16.6 Å². The molecule has 0 saturated carbocycles. The maximum Gasteiger partial charge on any atom is 0.227 e. The topological polar surface area (TPSA) is 60.1 Å². The van der Waals surface area contributed by atoms with Gasteiger partial charge in [-0.15, -0.1) is 0 Å². The average molecular weight is 604 g/mol. The molecule has 2 aliphatic rings. The molecule has 1 aromatic carbocycles. The van der Waals surface area contributed by atoms with E-state index in [0.717, 1.165) is 55.6 Å². The highest BCUT2D eigenvalue weighted by atomic mass is 79.9. The summed E-state index contributed by atoms with van der Waals surface area (Å²) in [7, 11) is 0. The molecule has 0 N–H and O–H groups in total. The zero-order valence-electron chi connectivity index (χ0n) is 18.4. The van der Waals surface area contributed by atoms with Crippen molar-refractivity contribution in [2.24, 2.45) is 0 Å². The first-order chi connectivity index (χ1) is 16.4. The number of hydrogen-bond acceptors (Lipinski definition) is 3. The Labute approximate surface area is 220 Å². The number of aromatic nitrogens is 2. The summed E-state index contributed by atoms with van der Waals surface area (Å²) in [4.78, 5) is 19.7. The molecule has 1 aliphatic heterocycles. The Morgan fingerprint density at radius 1 is 1.06 bits per heavy atom. The van der Waals surface area contributed by atoms with Crippen LogP contribution in [0.2, 0.25) is 5.02 Å². The predicted octanol–water partition coefficient (Wildman–Crippen LogP) is 5.66. The minimum absolute atomic E-state index is 0.0874. The second-order valence-electron chi connectivity index (χ2n) is 8.69. The van der Waals surface area contributed by atoms with Crippen LogP contribution in [0, 0.1) is 5.21 Å². The highest BCUT2D eigenvalue weighted by molar-refractivity contribution is 9.10. The summed E-state index contributed by atoms with van der Waals surface area (Å²) in [6.45, 7) is 1.33. The van der Waals surface area contributed by atoms with Gasteiger partial charge in [0.15, 0.2) is 12.4 Å². The van der Waals surface area contributed by atoms with Gasteiger partial charge in [-0.2, -0.15) is 4.73 Å². The van der Waals surface area contributed by atoms with Crippen LogP contribution in [0.4, 0.5) is 0 Å². The molecule has 0 radical (unpaired) electrons. The minimum atomic E-state index is 0.0874. The third-order valence-electron chi connectivity index (χ3n) is 6.52. The number of amides is 1. The number of piperidine rings is 1. The van der Waals surface area contributed by atoms with E-state index in [1.807, 2.05) is 17.2 Å². The maximum atomic E-state index is 12.9. The molecule has 0 spiro atoms. The monoisotopic (exact) mass is 601 g/mol. The first-order valence-corrected chi connectivity index (χ1v) is 13.2. The zero-order valence-corrected chi connectivity index (χ0v) is 22.3. The van der Waals surface area contributed by atoms with E-state index in [0.29, 0.717) is 19.5 Å². The molecule has 1 fully saturated rings. The summed E-state index contributed by atoms with van der Waals surface area (Å²) in [5.41, 5.74) is 7.97. The van der Waals surface area contributed by atoms with Crippen LogP contribution in [0.15, 0.2) is 63.4 Å². The molecule has 1 amide bonds. The van der Waals surface area contributed by atoms with Crippen molar-refractivity contribution in [2.45, 2.75) is 32.1 Å². The smallest absolute Gasteiger partial charge is 0.227 e. The number of hydrogen-bond donors (Lipinski definition) is 0. The van der Waals surface area contributed by atoms with Crippen LogP contribution in [0.5, 0.6) is 0 Å². The van der Waals surface area contributed by atoms with Crippen LogP contribution >= 0.6 is 43.5 Å². The molecule has 3 heterocycles. The molecule has 0 bridgehead atoms. The van der Waals surface area contributed by atoms with Gasteiger partial charge in [0.2, 0.25) is 5.91 Å². The quantitative estimate of drug-likeness (QED) is 0.281. The van der Waals surface area contributed by atoms with Crippen molar-refractivity contribution in [3.63, 3.8) is 0 Å². The molecule has 1 saturated heterocycles. The Morgan fingerprint density at radius 3 is 2.50 bits per heavy atom. The lowest BCUT2D eigenvalue weighted by molar-refractivity contribution is -0.605. The van der Waals surface area contributed by atoms with Gasteiger partial charge in [-0.05, 0) is 76.5 Å². The normalized spacial score (nSPS) is 15.6. The van der Waals surface area contributed by atoms with Crippen LogP contribution in [0.3, 0.4) is 0 Å². The summed E-state index contributed by atoms with van der Waals surface area (Å²) in [5.74, 6) is 0.0874. The standard InChI is InChI=1S/C26H22Br2ClN3O2/c27-20-12-19-2-1-18-13-21(29)14-22(28)24(18)25(26(19)30-15-20)17-5-7-31(8-6-17)23(33)11-16-3-9-32(34)10-4-16/h3-4,9-10,12-15H,1-2,5-8,11H2. The van der Waals surface area contributed by atoms with Crippen molar-refractivity contribution in [1.29, 1.82) is 0 Å². The van der Waals surface area contributed by atoms with Gasteiger partial charge in [0.05, 0.1) is 12.1 Å². The van der Waals surface area contributed by atoms with Crippen LogP contribution in [0.25, 0.3) is 5.57 Å². The van der Waals surface area contributed by atoms with Gasteiger partial charge < -0.3 is 10.1 Å². The van der Waals surface area contributed by atoms with Gasteiger partial charge in [0.25, 0.3) is 0 Å². The summed E-state index contributed by atoms with van der Waals surface area (Å²) in [6, 6.07) is 9.58. The zero-order chi connectivity index (χ0) is 23.8. The summed E-state index contributed by atoms with van der Waals surface area (Å²) in [6.07, 6.45) is 8.39. The Kier molecular flexibility index (Phi) is 6.78. The highest BCUT2D eigenvalue weighted by Crippen LogP contribution is 2.42. The molecule has 5 nitrogen and oxygen atoms in total. The van der Waals surface area contributed by atoms with E-state index in [9.17, 15) is 10.0 Å². The molecule has 34 heavy (non-hydrogen) atoms. The predicted molar refractivity (Wildman–Crippen MR) is 139 cm³/mol. The number of carbonyl (C=O) groups excluding carboxylic acids is 1. The number of benzene rings is 1. The van der Waals surface area contributed by atoms with Crippen molar-refractivity contribution >= 4 is 54.9 Å². The van der Waals surface area contributed by atoms with Crippen LogP contribution in [0.1, 0.15) is 40.8 Å². The lowest BCUT2D eigenvalue weighted by Gasteiger charge is -2.30. The van der Waals surface area contributed by atoms with E-state index in [2.05, 4.69) is 44.0 Å². The molecule has 0 unspecified atom stereocenters. The van der Waals surface area contributed by atoms with Crippen molar-refractivity contribution in [2.75, 3.05) is 13.1 Å². The molecule has 8 heteroatoms.